The van der Waals surface area contributed by atoms with Crippen LogP contribution in [0.5, 0.6) is 0 Å². The van der Waals surface area contributed by atoms with Gasteiger partial charge in [0, 0.05) is 14.7 Å². The number of carbonyl (C=O) groups is 1. The standard InChI is InChI=1S/C14H10BrNO2S/c15-11-4-1-5-12-10(11)7-13(18-12)14(17)16-8-9-3-2-6-19-9/h1-7H,8H2,(H,16,17). The van der Waals surface area contributed by atoms with Gasteiger partial charge >= 0.3 is 0 Å². The van der Waals surface area contributed by atoms with Gasteiger partial charge in [-0.3, -0.25) is 4.79 Å². The maximum absolute atomic E-state index is 12.0. The van der Waals surface area contributed by atoms with Crippen LogP contribution in [0.1, 0.15) is 15.4 Å². The SMILES string of the molecule is O=C(NCc1cccs1)c1cc2c(Br)cccc2o1. The minimum absolute atomic E-state index is 0.198. The molecule has 0 bridgehead atoms. The van der Waals surface area contributed by atoms with Crippen molar-refractivity contribution in [2.45, 2.75) is 6.54 Å². The van der Waals surface area contributed by atoms with Crippen molar-refractivity contribution in [2.75, 3.05) is 0 Å². The van der Waals surface area contributed by atoms with E-state index in [1.54, 1.807) is 17.4 Å². The molecule has 0 atom stereocenters. The monoisotopic (exact) mass is 335 g/mol. The fourth-order valence-electron chi connectivity index (χ4n) is 1.80. The lowest BCUT2D eigenvalue weighted by molar-refractivity contribution is 0.0926. The molecule has 2 heterocycles. The molecule has 0 aliphatic rings. The highest BCUT2D eigenvalue weighted by Crippen LogP contribution is 2.26. The summed E-state index contributed by atoms with van der Waals surface area (Å²) in [4.78, 5) is 13.1. The Morgan fingerprint density at radius 3 is 2.95 bits per heavy atom. The van der Waals surface area contributed by atoms with E-state index in [4.69, 9.17) is 4.42 Å². The number of rotatable bonds is 3. The van der Waals surface area contributed by atoms with E-state index in [-0.39, 0.29) is 5.91 Å². The molecule has 0 aliphatic heterocycles. The molecule has 3 aromatic rings. The first-order valence-corrected chi connectivity index (χ1v) is 7.40. The zero-order valence-electron chi connectivity index (χ0n) is 9.85. The van der Waals surface area contributed by atoms with Crippen LogP contribution in [0.25, 0.3) is 11.0 Å². The van der Waals surface area contributed by atoms with Crippen LogP contribution < -0.4 is 5.32 Å². The van der Waals surface area contributed by atoms with Crippen LogP contribution >= 0.6 is 27.3 Å². The Morgan fingerprint density at radius 2 is 2.21 bits per heavy atom. The highest BCUT2D eigenvalue weighted by molar-refractivity contribution is 9.10. The van der Waals surface area contributed by atoms with Crippen LogP contribution in [0.3, 0.4) is 0 Å². The fraction of sp³-hybridized carbons (Fsp3) is 0.0714. The van der Waals surface area contributed by atoms with Gasteiger partial charge in [0.1, 0.15) is 5.58 Å². The fourth-order valence-corrected chi connectivity index (χ4v) is 2.91. The summed E-state index contributed by atoms with van der Waals surface area (Å²) in [5.74, 6) is 0.134. The van der Waals surface area contributed by atoms with E-state index in [1.165, 1.54) is 0 Å². The quantitative estimate of drug-likeness (QED) is 0.779. The number of halogens is 1. The van der Waals surface area contributed by atoms with Crippen LogP contribution in [0.2, 0.25) is 0 Å². The second-order valence-corrected chi connectivity index (χ2v) is 5.91. The second kappa shape index (κ2) is 5.19. The molecule has 1 amide bonds. The normalized spacial score (nSPS) is 10.8. The smallest absolute Gasteiger partial charge is 0.287 e. The first kappa shape index (κ1) is 12.4. The summed E-state index contributed by atoms with van der Waals surface area (Å²) in [6.45, 7) is 0.523. The summed E-state index contributed by atoms with van der Waals surface area (Å²) in [7, 11) is 0. The van der Waals surface area contributed by atoms with Crippen molar-refractivity contribution in [2.24, 2.45) is 0 Å². The number of fused-ring (bicyclic) bond motifs is 1. The van der Waals surface area contributed by atoms with Crippen LogP contribution in [-0.4, -0.2) is 5.91 Å². The van der Waals surface area contributed by atoms with Gasteiger partial charge in [-0.25, -0.2) is 0 Å². The summed E-state index contributed by atoms with van der Waals surface area (Å²) in [6, 6.07) is 11.3. The third-order valence-electron chi connectivity index (χ3n) is 2.74. The van der Waals surface area contributed by atoms with E-state index in [9.17, 15) is 4.79 Å². The molecular weight excluding hydrogens is 326 g/mol. The molecular formula is C14H10BrNO2S. The molecule has 1 N–H and O–H groups in total. The highest BCUT2D eigenvalue weighted by Gasteiger charge is 2.13. The minimum atomic E-state index is -0.198. The average Bonchev–Trinajstić information content (AvgIpc) is 3.05. The summed E-state index contributed by atoms with van der Waals surface area (Å²) in [5.41, 5.74) is 0.704. The third-order valence-corrected chi connectivity index (χ3v) is 4.30. The molecule has 0 saturated heterocycles. The lowest BCUT2D eigenvalue weighted by atomic mass is 10.2. The van der Waals surface area contributed by atoms with Gasteiger partial charge in [0.15, 0.2) is 5.76 Å². The first-order valence-electron chi connectivity index (χ1n) is 5.72. The molecule has 3 rings (SSSR count). The van der Waals surface area contributed by atoms with Crippen LogP contribution in [0.4, 0.5) is 0 Å². The van der Waals surface area contributed by atoms with Crippen molar-refractivity contribution >= 4 is 44.1 Å². The van der Waals surface area contributed by atoms with Crippen molar-refractivity contribution in [3.8, 4) is 0 Å². The van der Waals surface area contributed by atoms with Gasteiger partial charge in [0.05, 0.1) is 6.54 Å². The number of hydrogen-bond acceptors (Lipinski definition) is 3. The average molecular weight is 336 g/mol. The van der Waals surface area contributed by atoms with Crippen LogP contribution in [0.15, 0.2) is 50.7 Å². The molecule has 19 heavy (non-hydrogen) atoms. The lowest BCUT2D eigenvalue weighted by Crippen LogP contribution is -2.21. The Labute approximate surface area is 122 Å². The minimum Gasteiger partial charge on any atom is -0.451 e. The molecule has 0 fully saturated rings. The Kier molecular flexibility index (Phi) is 3.40. The van der Waals surface area contributed by atoms with Crippen molar-refractivity contribution in [3.63, 3.8) is 0 Å². The Morgan fingerprint density at radius 1 is 1.32 bits per heavy atom. The molecule has 0 radical (unpaired) electrons. The van der Waals surface area contributed by atoms with Crippen molar-refractivity contribution < 1.29 is 9.21 Å². The van der Waals surface area contributed by atoms with E-state index < -0.39 is 0 Å². The van der Waals surface area contributed by atoms with Crippen LogP contribution in [-0.2, 0) is 6.54 Å². The molecule has 0 unspecified atom stereocenters. The zero-order valence-corrected chi connectivity index (χ0v) is 12.3. The van der Waals surface area contributed by atoms with E-state index in [1.807, 2.05) is 35.7 Å². The summed E-state index contributed by atoms with van der Waals surface area (Å²) >= 11 is 5.05. The molecule has 96 valence electrons. The van der Waals surface area contributed by atoms with Gasteiger partial charge in [0.2, 0.25) is 0 Å². The number of furan rings is 1. The number of benzene rings is 1. The first-order chi connectivity index (χ1) is 9.24. The van der Waals surface area contributed by atoms with E-state index >= 15 is 0 Å². The number of nitrogens with one attached hydrogen (secondary N) is 1. The van der Waals surface area contributed by atoms with Gasteiger partial charge in [0.25, 0.3) is 5.91 Å². The van der Waals surface area contributed by atoms with Crippen LogP contribution in [0, 0.1) is 0 Å². The molecule has 1 aromatic carbocycles. The molecule has 0 saturated carbocycles. The molecule has 3 nitrogen and oxygen atoms in total. The predicted octanol–water partition coefficient (Wildman–Crippen LogP) is 4.19. The highest BCUT2D eigenvalue weighted by atomic mass is 79.9. The molecule has 5 heteroatoms. The number of carbonyl (C=O) groups excluding carboxylic acids is 1. The van der Waals surface area contributed by atoms with Crippen molar-refractivity contribution in [1.82, 2.24) is 5.32 Å². The third kappa shape index (κ3) is 2.57. The van der Waals surface area contributed by atoms with Gasteiger partial charge in [-0.05, 0) is 29.6 Å². The predicted molar refractivity (Wildman–Crippen MR) is 79.4 cm³/mol. The summed E-state index contributed by atoms with van der Waals surface area (Å²) in [5, 5.41) is 5.74. The van der Waals surface area contributed by atoms with Crippen molar-refractivity contribution in [1.29, 1.82) is 0 Å². The molecule has 0 aliphatic carbocycles. The topological polar surface area (TPSA) is 42.2 Å². The van der Waals surface area contributed by atoms with E-state index in [2.05, 4.69) is 21.2 Å². The van der Waals surface area contributed by atoms with E-state index in [0.29, 0.717) is 17.9 Å². The summed E-state index contributed by atoms with van der Waals surface area (Å²) in [6.07, 6.45) is 0. The zero-order chi connectivity index (χ0) is 13.2. The number of thiophene rings is 1. The maximum Gasteiger partial charge on any atom is 0.287 e. The van der Waals surface area contributed by atoms with Crippen molar-refractivity contribution in [3.05, 3.63) is 56.9 Å². The molecule has 0 spiro atoms. The largest absolute Gasteiger partial charge is 0.451 e. The van der Waals surface area contributed by atoms with Gasteiger partial charge in [-0.15, -0.1) is 11.3 Å². The Balaban J connectivity index is 1.80. The molecule has 2 aromatic heterocycles. The number of hydrogen-bond donors (Lipinski definition) is 1. The summed E-state index contributed by atoms with van der Waals surface area (Å²) < 4.78 is 6.46. The van der Waals surface area contributed by atoms with Gasteiger partial charge in [-0.1, -0.05) is 28.1 Å². The van der Waals surface area contributed by atoms with E-state index in [0.717, 1.165) is 14.7 Å². The Hall–Kier alpha value is -1.59. The Bertz CT molecular complexity index is 718. The van der Waals surface area contributed by atoms with Gasteiger partial charge < -0.3 is 9.73 Å². The second-order valence-electron chi connectivity index (χ2n) is 4.02. The lowest BCUT2D eigenvalue weighted by Gasteiger charge is -1.99. The van der Waals surface area contributed by atoms with Gasteiger partial charge in [-0.2, -0.15) is 0 Å². The maximum atomic E-state index is 12.0. The number of amides is 1.